The first-order chi connectivity index (χ1) is 33.8. The van der Waals surface area contributed by atoms with Gasteiger partial charge in [0, 0.05) is 32.9 Å². The van der Waals surface area contributed by atoms with Gasteiger partial charge >= 0.3 is 0 Å². The van der Waals surface area contributed by atoms with Crippen molar-refractivity contribution >= 4 is 43.6 Å². The van der Waals surface area contributed by atoms with Crippen LogP contribution in [-0.4, -0.2) is 9.13 Å². The van der Waals surface area contributed by atoms with Gasteiger partial charge in [0.2, 0.25) is 0 Å². The first kappa shape index (κ1) is 39.4. The number of nitrogens with zero attached hydrogens (tertiary/aromatic N) is 2. The van der Waals surface area contributed by atoms with E-state index in [0.29, 0.717) is 0 Å². The molecule has 2 nitrogen and oxygen atoms in total. The third-order valence-electron chi connectivity index (χ3n) is 13.8. The summed E-state index contributed by atoms with van der Waals surface area (Å²) in [6, 6.07) is 97.5. The Morgan fingerprint density at radius 3 is 0.912 bits per heavy atom. The van der Waals surface area contributed by atoms with Crippen molar-refractivity contribution in [2.24, 2.45) is 0 Å². The molecule has 0 N–H and O–H groups in total. The summed E-state index contributed by atoms with van der Waals surface area (Å²) in [6.07, 6.45) is 0. The molecule has 0 spiro atoms. The highest BCUT2D eigenvalue weighted by Gasteiger charge is 2.20. The lowest BCUT2D eigenvalue weighted by Gasteiger charge is -2.20. The van der Waals surface area contributed by atoms with Crippen molar-refractivity contribution in [2.75, 3.05) is 0 Å². The molecule has 11 aromatic carbocycles. The number of benzene rings is 11. The minimum atomic E-state index is 1.14. The van der Waals surface area contributed by atoms with E-state index in [1.165, 1.54) is 99.2 Å². The second kappa shape index (κ2) is 16.5. The zero-order valence-corrected chi connectivity index (χ0v) is 37.3. The molecule has 0 atom stereocenters. The molecular formula is C66H44N2. The molecule has 0 bridgehead atoms. The molecule has 0 amide bonds. The third kappa shape index (κ3) is 6.57. The number of para-hydroxylation sites is 4. The van der Waals surface area contributed by atoms with Crippen LogP contribution in [0.3, 0.4) is 0 Å². The molecule has 318 valence electrons. The molecule has 0 fully saturated rings. The quantitative estimate of drug-likeness (QED) is 0.144. The van der Waals surface area contributed by atoms with E-state index < -0.39 is 0 Å². The fraction of sp³-hybridized carbons (Fsp3) is 0. The Morgan fingerprint density at radius 2 is 0.471 bits per heavy atom. The zero-order chi connectivity index (χ0) is 45.0. The second-order valence-electron chi connectivity index (χ2n) is 17.6. The Hall–Kier alpha value is -8.98. The standard InChI is InChI=1S/C66H44N2/c1-2-18-46(19-3-1)51-20-4-5-21-53(51)54-22-6-7-23-55(54)56-24-8-9-25-57(56)62-44-48(45-34-39-49(40-35-45)67-63-30-14-10-26-58(63)59-27-11-15-31-64(59)67)38-43-52(62)47-36-41-50(42-37-47)68-65-32-16-12-28-60(65)61-29-13-17-33-66(61)68/h1-44H. The molecule has 0 aliphatic rings. The van der Waals surface area contributed by atoms with Crippen LogP contribution in [0.5, 0.6) is 0 Å². The molecular weight excluding hydrogens is 821 g/mol. The van der Waals surface area contributed by atoms with Gasteiger partial charge in [-0.2, -0.15) is 0 Å². The van der Waals surface area contributed by atoms with E-state index in [1.54, 1.807) is 0 Å². The Morgan fingerprint density at radius 1 is 0.176 bits per heavy atom. The van der Waals surface area contributed by atoms with E-state index >= 15 is 0 Å². The molecule has 0 aliphatic heterocycles. The van der Waals surface area contributed by atoms with Gasteiger partial charge in [-0.3, -0.25) is 0 Å². The summed E-state index contributed by atoms with van der Waals surface area (Å²) in [5.41, 5.74) is 21.4. The molecule has 13 aromatic rings. The van der Waals surface area contributed by atoms with Gasteiger partial charge in [0.15, 0.2) is 0 Å². The average Bonchev–Trinajstić information content (AvgIpc) is 3.94. The van der Waals surface area contributed by atoms with Crippen LogP contribution in [0.1, 0.15) is 0 Å². The van der Waals surface area contributed by atoms with E-state index in [4.69, 9.17) is 0 Å². The van der Waals surface area contributed by atoms with Gasteiger partial charge < -0.3 is 9.13 Å². The largest absolute Gasteiger partial charge is 0.309 e. The molecule has 2 heteroatoms. The van der Waals surface area contributed by atoms with E-state index in [0.717, 1.165) is 22.5 Å². The summed E-state index contributed by atoms with van der Waals surface area (Å²) in [7, 11) is 0. The lowest BCUT2D eigenvalue weighted by Crippen LogP contribution is -1.95. The maximum Gasteiger partial charge on any atom is 0.0541 e. The summed E-state index contributed by atoms with van der Waals surface area (Å²) < 4.78 is 4.77. The van der Waals surface area contributed by atoms with E-state index in [-0.39, 0.29) is 0 Å². The smallest absolute Gasteiger partial charge is 0.0541 e. The minimum absolute atomic E-state index is 1.14. The van der Waals surface area contributed by atoms with Gasteiger partial charge in [-0.25, -0.2) is 0 Å². The lowest BCUT2D eigenvalue weighted by atomic mass is 9.84. The summed E-state index contributed by atoms with van der Waals surface area (Å²) in [5, 5.41) is 5.05. The highest BCUT2D eigenvalue weighted by atomic mass is 15.0. The van der Waals surface area contributed by atoms with Gasteiger partial charge in [0.1, 0.15) is 0 Å². The molecule has 0 unspecified atom stereocenters. The topological polar surface area (TPSA) is 9.86 Å². The van der Waals surface area contributed by atoms with Crippen molar-refractivity contribution in [3.63, 3.8) is 0 Å². The van der Waals surface area contributed by atoms with Crippen LogP contribution in [0.15, 0.2) is 267 Å². The van der Waals surface area contributed by atoms with Gasteiger partial charge in [-0.1, -0.05) is 212 Å². The molecule has 68 heavy (non-hydrogen) atoms. The molecule has 2 aromatic heterocycles. The minimum Gasteiger partial charge on any atom is -0.309 e. The number of hydrogen-bond donors (Lipinski definition) is 0. The molecule has 0 saturated heterocycles. The van der Waals surface area contributed by atoms with Gasteiger partial charge in [-0.05, 0) is 121 Å². The van der Waals surface area contributed by atoms with Gasteiger partial charge in [0.25, 0.3) is 0 Å². The van der Waals surface area contributed by atoms with Crippen molar-refractivity contribution in [3.8, 4) is 78.1 Å². The van der Waals surface area contributed by atoms with Crippen molar-refractivity contribution in [2.45, 2.75) is 0 Å². The third-order valence-corrected chi connectivity index (χ3v) is 13.8. The van der Waals surface area contributed by atoms with Crippen LogP contribution in [0.25, 0.3) is 122 Å². The summed E-state index contributed by atoms with van der Waals surface area (Å²) in [4.78, 5) is 0. The van der Waals surface area contributed by atoms with E-state index in [1.807, 2.05) is 0 Å². The van der Waals surface area contributed by atoms with Crippen LogP contribution in [0.4, 0.5) is 0 Å². The van der Waals surface area contributed by atoms with Crippen LogP contribution >= 0.6 is 0 Å². The predicted molar refractivity (Wildman–Crippen MR) is 288 cm³/mol. The normalized spacial score (nSPS) is 11.5. The Bertz CT molecular complexity index is 3890. The first-order valence-electron chi connectivity index (χ1n) is 23.4. The fourth-order valence-electron chi connectivity index (χ4n) is 10.7. The molecule has 0 radical (unpaired) electrons. The Kier molecular flexibility index (Phi) is 9.54. The highest BCUT2D eigenvalue weighted by Crippen LogP contribution is 2.45. The maximum absolute atomic E-state index is 2.41. The first-order valence-corrected chi connectivity index (χ1v) is 23.4. The van der Waals surface area contributed by atoms with Crippen molar-refractivity contribution in [3.05, 3.63) is 267 Å². The predicted octanol–water partition coefficient (Wildman–Crippen LogP) is 17.9. The molecule has 2 heterocycles. The zero-order valence-electron chi connectivity index (χ0n) is 37.3. The number of rotatable bonds is 8. The van der Waals surface area contributed by atoms with Crippen molar-refractivity contribution in [1.82, 2.24) is 9.13 Å². The average molecular weight is 865 g/mol. The van der Waals surface area contributed by atoms with Crippen molar-refractivity contribution < 1.29 is 0 Å². The molecule has 13 rings (SSSR count). The summed E-state index contributed by atoms with van der Waals surface area (Å²) >= 11 is 0. The maximum atomic E-state index is 2.41. The van der Waals surface area contributed by atoms with Crippen molar-refractivity contribution in [1.29, 1.82) is 0 Å². The van der Waals surface area contributed by atoms with Crippen LogP contribution < -0.4 is 0 Å². The summed E-state index contributed by atoms with van der Waals surface area (Å²) in [6.45, 7) is 0. The van der Waals surface area contributed by atoms with Crippen LogP contribution in [-0.2, 0) is 0 Å². The summed E-state index contributed by atoms with van der Waals surface area (Å²) in [5.74, 6) is 0. The van der Waals surface area contributed by atoms with Gasteiger partial charge in [0.05, 0.1) is 22.1 Å². The Labute approximate surface area is 395 Å². The Balaban J connectivity index is 0.972. The van der Waals surface area contributed by atoms with Crippen LogP contribution in [0, 0.1) is 0 Å². The molecule has 0 aliphatic carbocycles. The molecule has 0 saturated carbocycles. The second-order valence-corrected chi connectivity index (χ2v) is 17.6. The number of hydrogen-bond acceptors (Lipinski definition) is 0. The highest BCUT2D eigenvalue weighted by molar-refractivity contribution is 6.10. The van der Waals surface area contributed by atoms with Gasteiger partial charge in [-0.15, -0.1) is 0 Å². The van der Waals surface area contributed by atoms with Crippen LogP contribution in [0.2, 0.25) is 0 Å². The lowest BCUT2D eigenvalue weighted by molar-refractivity contribution is 1.18. The monoisotopic (exact) mass is 864 g/mol. The number of aromatic nitrogens is 2. The SMILES string of the molecule is c1ccc(-c2ccccc2-c2ccccc2-c2ccccc2-c2cc(-c3ccc(-n4c5ccccc5c5ccccc54)cc3)ccc2-c2ccc(-n3c4ccccc4c4ccccc43)cc2)cc1. The fourth-order valence-corrected chi connectivity index (χ4v) is 10.7. The van der Waals surface area contributed by atoms with E-state index in [2.05, 4.69) is 276 Å². The number of fused-ring (bicyclic) bond motifs is 6. The van der Waals surface area contributed by atoms with E-state index in [9.17, 15) is 0 Å².